The van der Waals surface area contributed by atoms with Crippen LogP contribution in [0.1, 0.15) is 11.3 Å². The van der Waals surface area contributed by atoms with Gasteiger partial charge in [0.1, 0.15) is 11.5 Å². The molecule has 6 heteroatoms. The predicted molar refractivity (Wildman–Crippen MR) is 77.6 cm³/mol. The fraction of sp³-hybridized carbons (Fsp3) is 0.143. The normalized spacial score (nSPS) is 10.7. The van der Waals surface area contributed by atoms with E-state index in [1.807, 2.05) is 37.4 Å². The Hall–Kier alpha value is -2.27. The maximum Gasteiger partial charge on any atom is 0.154 e. The zero-order chi connectivity index (χ0) is 13.9. The van der Waals surface area contributed by atoms with Crippen molar-refractivity contribution in [2.45, 2.75) is 13.5 Å². The molecule has 3 rings (SSSR count). The summed E-state index contributed by atoms with van der Waals surface area (Å²) in [6, 6.07) is 7.54. The second-order valence-corrected chi connectivity index (χ2v) is 4.72. The highest BCUT2D eigenvalue weighted by Crippen LogP contribution is 2.25. The zero-order valence-electron chi connectivity index (χ0n) is 10.9. The number of nitrogens with one attached hydrogen (secondary N) is 2. The Morgan fingerprint density at radius 3 is 3.00 bits per heavy atom. The van der Waals surface area contributed by atoms with E-state index >= 15 is 0 Å². The molecule has 3 aromatic heterocycles. The van der Waals surface area contributed by atoms with Crippen molar-refractivity contribution in [1.29, 1.82) is 0 Å². The summed E-state index contributed by atoms with van der Waals surface area (Å²) in [6.45, 7) is 2.49. The molecule has 3 aromatic rings. The van der Waals surface area contributed by atoms with Gasteiger partial charge in [-0.1, -0.05) is 11.6 Å². The molecule has 0 atom stereocenters. The quantitative estimate of drug-likeness (QED) is 0.719. The Kier molecular flexibility index (Phi) is 3.43. The molecule has 102 valence electrons. The van der Waals surface area contributed by atoms with Crippen LogP contribution in [0, 0.1) is 6.92 Å². The van der Waals surface area contributed by atoms with Crippen LogP contribution in [-0.4, -0.2) is 15.2 Å². The third-order valence-electron chi connectivity index (χ3n) is 2.92. The predicted octanol–water partition coefficient (Wildman–Crippen LogP) is 3.64. The van der Waals surface area contributed by atoms with Crippen LogP contribution in [0.15, 0.2) is 41.1 Å². The number of furan rings is 1. The monoisotopic (exact) mass is 288 g/mol. The molecule has 0 bridgehead atoms. The molecule has 20 heavy (non-hydrogen) atoms. The Morgan fingerprint density at radius 2 is 2.25 bits per heavy atom. The van der Waals surface area contributed by atoms with Gasteiger partial charge >= 0.3 is 0 Å². The number of aromatic nitrogens is 3. The summed E-state index contributed by atoms with van der Waals surface area (Å²) in [4.78, 5) is 4.02. The van der Waals surface area contributed by atoms with Crippen molar-refractivity contribution in [2.75, 3.05) is 5.32 Å². The van der Waals surface area contributed by atoms with E-state index in [0.29, 0.717) is 11.7 Å². The van der Waals surface area contributed by atoms with Crippen LogP contribution in [0.5, 0.6) is 0 Å². The first-order valence-corrected chi connectivity index (χ1v) is 6.55. The van der Waals surface area contributed by atoms with Gasteiger partial charge in [-0.05, 0) is 31.2 Å². The van der Waals surface area contributed by atoms with E-state index in [0.717, 1.165) is 28.5 Å². The van der Waals surface area contributed by atoms with E-state index in [1.165, 1.54) is 0 Å². The number of aryl methyl sites for hydroxylation is 1. The molecule has 0 amide bonds. The molecule has 0 radical (unpaired) electrons. The van der Waals surface area contributed by atoms with Crippen molar-refractivity contribution in [2.24, 2.45) is 0 Å². The summed E-state index contributed by atoms with van der Waals surface area (Å²) >= 11 is 6.01. The third kappa shape index (κ3) is 2.53. The molecule has 0 aromatic carbocycles. The number of rotatable bonds is 4. The summed E-state index contributed by atoms with van der Waals surface area (Å²) in [7, 11) is 0. The van der Waals surface area contributed by atoms with Crippen molar-refractivity contribution >= 4 is 17.3 Å². The van der Waals surface area contributed by atoms with Gasteiger partial charge in [-0.25, -0.2) is 4.98 Å². The number of hydrogen-bond acceptors (Lipinski definition) is 4. The average Bonchev–Trinajstić information content (AvgIpc) is 3.06. The van der Waals surface area contributed by atoms with Crippen molar-refractivity contribution in [3.05, 3.63) is 53.1 Å². The van der Waals surface area contributed by atoms with Crippen LogP contribution >= 0.6 is 11.6 Å². The maximum absolute atomic E-state index is 6.01. The van der Waals surface area contributed by atoms with Crippen LogP contribution in [0.3, 0.4) is 0 Å². The highest BCUT2D eigenvalue weighted by molar-refractivity contribution is 6.31. The number of anilines is 1. The number of aromatic amines is 1. The summed E-state index contributed by atoms with van der Waals surface area (Å²) in [5.74, 6) is 1.61. The minimum Gasteiger partial charge on any atom is -0.460 e. The molecule has 0 aliphatic heterocycles. The van der Waals surface area contributed by atoms with E-state index in [2.05, 4.69) is 20.5 Å². The number of nitrogens with zero attached hydrogens (tertiary/aromatic N) is 2. The summed E-state index contributed by atoms with van der Waals surface area (Å²) in [6.07, 6.45) is 3.49. The Bertz CT molecular complexity index is 719. The van der Waals surface area contributed by atoms with Crippen LogP contribution in [0.4, 0.5) is 5.69 Å². The van der Waals surface area contributed by atoms with Gasteiger partial charge in [-0.2, -0.15) is 5.10 Å². The topological polar surface area (TPSA) is 66.7 Å². The molecule has 0 spiro atoms. The van der Waals surface area contributed by atoms with Gasteiger partial charge in [0.2, 0.25) is 0 Å². The summed E-state index contributed by atoms with van der Waals surface area (Å²) in [5.41, 5.74) is 2.59. The Balaban J connectivity index is 1.79. The van der Waals surface area contributed by atoms with Crippen LogP contribution < -0.4 is 5.32 Å². The first-order valence-electron chi connectivity index (χ1n) is 6.18. The van der Waals surface area contributed by atoms with E-state index in [1.54, 1.807) is 6.20 Å². The van der Waals surface area contributed by atoms with Gasteiger partial charge in [0.25, 0.3) is 0 Å². The van der Waals surface area contributed by atoms with Crippen molar-refractivity contribution < 1.29 is 4.42 Å². The SMILES string of the molecule is Cc1ccc(-c2n[nH]cc2CNc2cccnc2Cl)o1. The molecule has 0 saturated heterocycles. The number of pyridine rings is 1. The van der Waals surface area contributed by atoms with Crippen LogP contribution in [0.2, 0.25) is 5.15 Å². The van der Waals surface area contributed by atoms with E-state index in [9.17, 15) is 0 Å². The van der Waals surface area contributed by atoms with Crippen molar-refractivity contribution in [1.82, 2.24) is 15.2 Å². The highest BCUT2D eigenvalue weighted by Gasteiger charge is 2.12. The fourth-order valence-electron chi connectivity index (χ4n) is 1.93. The minimum atomic E-state index is 0.450. The molecule has 3 heterocycles. The lowest BCUT2D eigenvalue weighted by Gasteiger charge is -2.06. The Labute approximate surface area is 121 Å². The van der Waals surface area contributed by atoms with E-state index in [4.69, 9.17) is 16.0 Å². The van der Waals surface area contributed by atoms with Gasteiger partial charge in [0, 0.05) is 24.5 Å². The highest BCUT2D eigenvalue weighted by atomic mass is 35.5. The minimum absolute atomic E-state index is 0.450. The number of H-pyrrole nitrogens is 1. The average molecular weight is 289 g/mol. The van der Waals surface area contributed by atoms with Gasteiger partial charge < -0.3 is 9.73 Å². The maximum atomic E-state index is 6.01. The Morgan fingerprint density at radius 1 is 1.35 bits per heavy atom. The van der Waals surface area contributed by atoms with Crippen molar-refractivity contribution in [3.8, 4) is 11.5 Å². The molecule has 0 aliphatic carbocycles. The molecular weight excluding hydrogens is 276 g/mol. The van der Waals surface area contributed by atoms with Gasteiger partial charge in [-0.15, -0.1) is 0 Å². The summed E-state index contributed by atoms with van der Waals surface area (Å²) < 4.78 is 5.60. The molecule has 5 nitrogen and oxygen atoms in total. The molecule has 0 saturated carbocycles. The lowest BCUT2D eigenvalue weighted by atomic mass is 10.2. The van der Waals surface area contributed by atoms with Crippen molar-refractivity contribution in [3.63, 3.8) is 0 Å². The van der Waals surface area contributed by atoms with Crippen LogP contribution in [-0.2, 0) is 6.54 Å². The molecule has 2 N–H and O–H groups in total. The fourth-order valence-corrected chi connectivity index (χ4v) is 2.12. The molecule has 0 fully saturated rings. The molecular formula is C14H13ClN4O. The first kappa shape index (κ1) is 12.7. The second kappa shape index (κ2) is 5.38. The standard InChI is InChI=1S/C14H13ClN4O/c1-9-4-5-12(20-9)13-10(8-18-19-13)7-17-11-3-2-6-16-14(11)15/h2-6,8,17H,7H2,1H3,(H,18,19). The largest absolute Gasteiger partial charge is 0.460 e. The number of halogens is 1. The van der Waals surface area contributed by atoms with Gasteiger partial charge in [0.15, 0.2) is 10.9 Å². The number of hydrogen-bond donors (Lipinski definition) is 2. The van der Waals surface area contributed by atoms with Crippen LogP contribution in [0.25, 0.3) is 11.5 Å². The molecule has 0 aliphatic rings. The van der Waals surface area contributed by atoms with E-state index < -0.39 is 0 Å². The van der Waals surface area contributed by atoms with E-state index in [-0.39, 0.29) is 0 Å². The zero-order valence-corrected chi connectivity index (χ0v) is 11.6. The lowest BCUT2D eigenvalue weighted by Crippen LogP contribution is -2.00. The lowest BCUT2D eigenvalue weighted by molar-refractivity contribution is 0.545. The summed E-state index contributed by atoms with van der Waals surface area (Å²) in [5, 5.41) is 10.8. The third-order valence-corrected chi connectivity index (χ3v) is 3.22. The van der Waals surface area contributed by atoms with Gasteiger partial charge in [0.05, 0.1) is 5.69 Å². The first-order chi connectivity index (χ1) is 9.74. The molecule has 0 unspecified atom stereocenters. The smallest absolute Gasteiger partial charge is 0.154 e. The van der Waals surface area contributed by atoms with Gasteiger partial charge in [-0.3, -0.25) is 5.10 Å². The second-order valence-electron chi connectivity index (χ2n) is 4.36.